The van der Waals surface area contributed by atoms with Crippen LogP contribution in [-0.4, -0.2) is 27.3 Å². The van der Waals surface area contributed by atoms with Gasteiger partial charge in [0.1, 0.15) is 28.8 Å². The van der Waals surface area contributed by atoms with Gasteiger partial charge in [-0.25, -0.2) is 14.8 Å². The predicted octanol–water partition coefficient (Wildman–Crippen LogP) is 4.77. The lowest BCUT2D eigenvalue weighted by atomic mass is 9.95. The lowest BCUT2D eigenvalue weighted by Gasteiger charge is -2.28. The van der Waals surface area contributed by atoms with Gasteiger partial charge in [-0.1, -0.05) is 30.3 Å². The van der Waals surface area contributed by atoms with Crippen molar-refractivity contribution in [2.24, 2.45) is 0 Å². The summed E-state index contributed by atoms with van der Waals surface area (Å²) in [5.41, 5.74) is 14.1. The predicted molar refractivity (Wildman–Crippen MR) is 130 cm³/mol. The molecule has 5 N–H and O–H groups in total. The number of thiazole rings is 1. The number of pyridine rings is 1. The molecule has 0 amide bonds. The van der Waals surface area contributed by atoms with E-state index in [0.29, 0.717) is 38.4 Å². The first-order valence-electron chi connectivity index (χ1n) is 10.4. The SMILES string of the molecule is [C-]#[N+]c1c(N)nc(SCc2csc(N)n2)c(C#N)c1-c1ccc(O[C@H]2CCCC[C@@H]2O)cc1. The third-order valence-electron chi connectivity index (χ3n) is 5.41. The number of nitriles is 1. The highest BCUT2D eigenvalue weighted by atomic mass is 32.2. The molecule has 0 radical (unpaired) electrons. The Morgan fingerprint density at radius 3 is 2.64 bits per heavy atom. The Morgan fingerprint density at radius 1 is 1.24 bits per heavy atom. The molecular weight excluding hydrogens is 456 g/mol. The van der Waals surface area contributed by atoms with E-state index in [9.17, 15) is 10.4 Å². The Bertz CT molecular complexity index is 1230. The van der Waals surface area contributed by atoms with E-state index in [1.54, 1.807) is 24.3 Å². The summed E-state index contributed by atoms with van der Waals surface area (Å²) < 4.78 is 5.98. The second-order valence-corrected chi connectivity index (χ2v) is 9.48. The van der Waals surface area contributed by atoms with E-state index in [4.69, 9.17) is 22.8 Å². The fraction of sp³-hybridized carbons (Fsp3) is 0.304. The maximum atomic E-state index is 10.2. The molecule has 2 atom stereocenters. The van der Waals surface area contributed by atoms with Gasteiger partial charge in [0.2, 0.25) is 5.69 Å². The van der Waals surface area contributed by atoms with E-state index in [0.717, 1.165) is 31.4 Å². The molecule has 33 heavy (non-hydrogen) atoms. The van der Waals surface area contributed by atoms with Gasteiger partial charge >= 0.3 is 0 Å². The molecule has 2 heterocycles. The Balaban J connectivity index is 1.64. The number of aliphatic hydroxyl groups excluding tert-OH is 1. The molecule has 0 bridgehead atoms. The number of rotatable bonds is 6. The van der Waals surface area contributed by atoms with Crippen molar-refractivity contribution < 1.29 is 9.84 Å². The number of nitrogen functional groups attached to an aromatic ring is 2. The second kappa shape index (κ2) is 10.1. The van der Waals surface area contributed by atoms with Crippen LogP contribution in [0.1, 0.15) is 36.9 Å². The van der Waals surface area contributed by atoms with Crippen LogP contribution in [0, 0.1) is 17.9 Å². The molecule has 0 spiro atoms. The smallest absolute Gasteiger partial charge is 0.236 e. The Kier molecular flexibility index (Phi) is 6.99. The fourth-order valence-electron chi connectivity index (χ4n) is 3.79. The lowest BCUT2D eigenvalue weighted by molar-refractivity contribution is 0.00688. The molecule has 1 aliphatic carbocycles. The zero-order chi connectivity index (χ0) is 23.4. The minimum atomic E-state index is -0.468. The summed E-state index contributed by atoms with van der Waals surface area (Å²) in [6.07, 6.45) is 2.91. The van der Waals surface area contributed by atoms with Crippen LogP contribution in [0.3, 0.4) is 0 Å². The van der Waals surface area contributed by atoms with E-state index < -0.39 is 6.10 Å². The van der Waals surface area contributed by atoms with Crippen LogP contribution >= 0.6 is 23.1 Å². The van der Waals surface area contributed by atoms with Gasteiger partial charge in [0.15, 0.2) is 5.13 Å². The second-order valence-electron chi connectivity index (χ2n) is 7.62. The van der Waals surface area contributed by atoms with Crippen molar-refractivity contribution in [3.05, 3.63) is 52.3 Å². The number of hydrogen-bond acceptors (Lipinski definition) is 9. The van der Waals surface area contributed by atoms with Crippen molar-refractivity contribution in [3.63, 3.8) is 0 Å². The van der Waals surface area contributed by atoms with Gasteiger partial charge < -0.3 is 21.3 Å². The number of aromatic nitrogens is 2. The summed E-state index contributed by atoms with van der Waals surface area (Å²) in [6, 6.07) is 9.36. The summed E-state index contributed by atoms with van der Waals surface area (Å²) in [4.78, 5) is 12.1. The normalized spacial score (nSPS) is 17.8. The highest BCUT2D eigenvalue weighted by Gasteiger charge is 2.25. The summed E-state index contributed by atoms with van der Waals surface area (Å²) in [6.45, 7) is 7.60. The van der Waals surface area contributed by atoms with Crippen molar-refractivity contribution in [2.45, 2.75) is 48.7 Å². The Labute approximate surface area is 200 Å². The summed E-state index contributed by atoms with van der Waals surface area (Å²) >= 11 is 2.67. The largest absolute Gasteiger partial charge is 0.488 e. The van der Waals surface area contributed by atoms with E-state index in [-0.39, 0.29) is 17.6 Å². The van der Waals surface area contributed by atoms with Gasteiger partial charge in [0.05, 0.1) is 23.9 Å². The highest BCUT2D eigenvalue weighted by molar-refractivity contribution is 7.98. The van der Waals surface area contributed by atoms with Crippen molar-refractivity contribution in [3.8, 4) is 22.9 Å². The quantitative estimate of drug-likeness (QED) is 0.341. The van der Waals surface area contributed by atoms with Crippen molar-refractivity contribution in [2.75, 3.05) is 11.5 Å². The number of benzene rings is 1. The Morgan fingerprint density at radius 2 is 2.00 bits per heavy atom. The lowest BCUT2D eigenvalue weighted by Crippen LogP contribution is -2.34. The van der Waals surface area contributed by atoms with Gasteiger partial charge in [0, 0.05) is 16.7 Å². The number of ether oxygens (including phenoxy) is 1. The third kappa shape index (κ3) is 5.04. The molecule has 1 saturated carbocycles. The molecule has 0 saturated heterocycles. The molecule has 8 nitrogen and oxygen atoms in total. The van der Waals surface area contributed by atoms with Gasteiger partial charge in [-0.15, -0.1) is 11.3 Å². The van der Waals surface area contributed by atoms with Crippen molar-refractivity contribution in [1.82, 2.24) is 9.97 Å². The topological polar surface area (TPSA) is 135 Å². The average Bonchev–Trinajstić information content (AvgIpc) is 3.24. The van der Waals surface area contributed by atoms with Gasteiger partial charge in [-0.05, 0) is 37.0 Å². The van der Waals surface area contributed by atoms with Crippen LogP contribution in [0.4, 0.5) is 16.6 Å². The molecule has 1 fully saturated rings. The molecule has 2 aromatic heterocycles. The number of aliphatic hydroxyl groups is 1. The summed E-state index contributed by atoms with van der Waals surface area (Å²) in [7, 11) is 0. The maximum Gasteiger partial charge on any atom is 0.236 e. The molecule has 3 aromatic rings. The zero-order valence-corrected chi connectivity index (χ0v) is 19.3. The van der Waals surface area contributed by atoms with Gasteiger partial charge in [-0.2, -0.15) is 5.26 Å². The van der Waals surface area contributed by atoms with Crippen LogP contribution in [0.2, 0.25) is 0 Å². The van der Waals surface area contributed by atoms with E-state index >= 15 is 0 Å². The first-order valence-corrected chi connectivity index (χ1v) is 12.3. The van der Waals surface area contributed by atoms with Crippen LogP contribution in [0.25, 0.3) is 16.0 Å². The first kappa shape index (κ1) is 22.9. The van der Waals surface area contributed by atoms with Crippen molar-refractivity contribution >= 4 is 39.7 Å². The molecular formula is C23H22N6O2S2. The monoisotopic (exact) mass is 478 g/mol. The van der Waals surface area contributed by atoms with Crippen molar-refractivity contribution in [1.29, 1.82) is 5.26 Å². The molecule has 10 heteroatoms. The average molecular weight is 479 g/mol. The van der Waals surface area contributed by atoms with Crippen LogP contribution in [-0.2, 0) is 5.75 Å². The third-order valence-corrected chi connectivity index (χ3v) is 7.14. The zero-order valence-electron chi connectivity index (χ0n) is 17.7. The van der Waals surface area contributed by atoms with Crippen LogP contribution < -0.4 is 16.2 Å². The standard InChI is InChI=1S/C23H22N6O2S2/c1-27-20-19(13-6-8-15(9-7-13)31-18-5-3-2-4-17(18)30)16(10-24)22(29-21(20)25)32-11-14-12-33-23(26)28-14/h6-9,12,17-18,30H,2-5,11H2,(H2,25,29)(H2,26,28)/t17-,18-/m0/s1. The maximum absolute atomic E-state index is 10.2. The number of nitrogens with zero attached hydrogens (tertiary/aromatic N) is 4. The van der Waals surface area contributed by atoms with Gasteiger partial charge in [0.25, 0.3) is 0 Å². The van der Waals surface area contributed by atoms with E-state index in [1.165, 1.54) is 23.1 Å². The number of thioether (sulfide) groups is 1. The minimum absolute atomic E-state index is 0.0740. The Hall–Kier alpha value is -3.31. The molecule has 0 unspecified atom stereocenters. The summed E-state index contributed by atoms with van der Waals surface area (Å²) in [5.74, 6) is 1.18. The van der Waals surface area contributed by atoms with Gasteiger partial charge in [-0.3, -0.25) is 0 Å². The molecule has 0 aliphatic heterocycles. The molecule has 4 rings (SSSR count). The number of nitrogens with two attached hydrogens (primary N) is 2. The summed E-state index contributed by atoms with van der Waals surface area (Å²) in [5, 5.41) is 22.9. The fourth-order valence-corrected chi connectivity index (χ4v) is 5.35. The van der Waals surface area contributed by atoms with E-state index in [2.05, 4.69) is 20.9 Å². The van der Waals surface area contributed by atoms with E-state index in [1.807, 2.05) is 5.38 Å². The number of anilines is 2. The molecule has 1 aliphatic rings. The highest BCUT2D eigenvalue weighted by Crippen LogP contribution is 2.42. The minimum Gasteiger partial charge on any atom is -0.488 e. The van der Waals surface area contributed by atoms with Crippen LogP contribution in [0.5, 0.6) is 5.75 Å². The van der Waals surface area contributed by atoms with Crippen LogP contribution in [0.15, 0.2) is 34.7 Å². The molecule has 1 aromatic carbocycles. The molecule has 168 valence electrons. The number of hydrogen-bond donors (Lipinski definition) is 3. The first-order chi connectivity index (χ1) is 16.0.